The number of nitrogens with one attached hydrogen (secondary N) is 1. The zero-order valence-corrected chi connectivity index (χ0v) is 12.2. The first kappa shape index (κ1) is 15.9. The van der Waals surface area contributed by atoms with E-state index in [1.54, 1.807) is 0 Å². The highest BCUT2D eigenvalue weighted by Crippen LogP contribution is 2.25. The first-order chi connectivity index (χ1) is 11.2. The summed E-state index contributed by atoms with van der Waals surface area (Å²) in [5.74, 6) is -1.83. The van der Waals surface area contributed by atoms with E-state index in [1.165, 1.54) is 24.0 Å². The minimum Gasteiger partial charge on any atom is -0.290 e. The Morgan fingerprint density at radius 1 is 1.38 bits per heavy atom. The zero-order valence-electron chi connectivity index (χ0n) is 12.2. The molecule has 0 aromatic carbocycles. The molecule has 11 heteroatoms. The van der Waals surface area contributed by atoms with Crippen molar-refractivity contribution in [2.45, 2.75) is 12.7 Å². The summed E-state index contributed by atoms with van der Waals surface area (Å²) >= 11 is 0. The van der Waals surface area contributed by atoms with Crippen LogP contribution in [0.15, 0.2) is 24.5 Å². The number of aryl methyl sites for hydroxylation is 1. The standard InChI is InChI=1S/C13H10F4N6O/c1-22-9(2-3-19-22)11(24)21-12-20-8-4-7(14)5-18-10(8)23(12)6-13(15,16)17/h2-5H,6H2,1H3,(H,20,21,24). The number of halogens is 4. The third-order valence-electron chi connectivity index (χ3n) is 3.17. The fourth-order valence-electron chi connectivity index (χ4n) is 2.17. The molecule has 0 aliphatic rings. The summed E-state index contributed by atoms with van der Waals surface area (Å²) in [6, 6.07) is 2.33. The molecule has 0 saturated heterocycles. The van der Waals surface area contributed by atoms with E-state index in [-0.39, 0.29) is 22.8 Å². The summed E-state index contributed by atoms with van der Waals surface area (Å²) in [5, 5.41) is 6.08. The maximum Gasteiger partial charge on any atom is 0.406 e. The van der Waals surface area contributed by atoms with E-state index in [1.807, 2.05) is 0 Å². The van der Waals surface area contributed by atoms with Crippen LogP contribution in [0.1, 0.15) is 10.5 Å². The molecule has 7 nitrogen and oxygen atoms in total. The van der Waals surface area contributed by atoms with E-state index < -0.39 is 24.4 Å². The van der Waals surface area contributed by atoms with Gasteiger partial charge in [-0.1, -0.05) is 0 Å². The van der Waals surface area contributed by atoms with Crippen LogP contribution in [0, 0.1) is 5.82 Å². The molecule has 0 fully saturated rings. The van der Waals surface area contributed by atoms with Gasteiger partial charge >= 0.3 is 6.18 Å². The minimum atomic E-state index is -4.57. The van der Waals surface area contributed by atoms with Gasteiger partial charge in [-0.15, -0.1) is 0 Å². The number of carbonyl (C=O) groups excluding carboxylic acids is 1. The van der Waals surface area contributed by atoms with Gasteiger partial charge in [0.1, 0.15) is 23.6 Å². The third-order valence-corrected chi connectivity index (χ3v) is 3.17. The molecule has 1 amide bonds. The molecule has 0 spiro atoms. The van der Waals surface area contributed by atoms with Crippen molar-refractivity contribution in [1.29, 1.82) is 0 Å². The molecule has 24 heavy (non-hydrogen) atoms. The largest absolute Gasteiger partial charge is 0.406 e. The Morgan fingerprint density at radius 2 is 2.12 bits per heavy atom. The summed E-state index contributed by atoms with van der Waals surface area (Å²) in [4.78, 5) is 19.6. The van der Waals surface area contributed by atoms with Crippen molar-refractivity contribution in [2.75, 3.05) is 5.32 Å². The molecule has 0 aliphatic carbocycles. The fourth-order valence-corrected chi connectivity index (χ4v) is 2.17. The van der Waals surface area contributed by atoms with Gasteiger partial charge in [0, 0.05) is 19.3 Å². The van der Waals surface area contributed by atoms with E-state index in [9.17, 15) is 22.4 Å². The van der Waals surface area contributed by atoms with Crippen LogP contribution >= 0.6 is 0 Å². The highest BCUT2D eigenvalue weighted by Gasteiger charge is 2.31. The highest BCUT2D eigenvalue weighted by atomic mass is 19.4. The van der Waals surface area contributed by atoms with Gasteiger partial charge in [0.05, 0.1) is 6.20 Å². The SMILES string of the molecule is Cn1nccc1C(=O)Nc1nc2cc(F)cnc2n1CC(F)(F)F. The molecule has 0 aliphatic heterocycles. The van der Waals surface area contributed by atoms with Gasteiger partial charge in [-0.25, -0.2) is 14.4 Å². The number of alkyl halides is 3. The molecule has 0 bridgehead atoms. The minimum absolute atomic E-state index is 0.0976. The van der Waals surface area contributed by atoms with Crippen LogP contribution in [-0.2, 0) is 13.6 Å². The summed E-state index contributed by atoms with van der Waals surface area (Å²) in [5.41, 5.74) is -0.159. The maximum absolute atomic E-state index is 13.2. The molecule has 126 valence electrons. The molecular weight excluding hydrogens is 332 g/mol. The lowest BCUT2D eigenvalue weighted by Crippen LogP contribution is -2.23. The number of rotatable bonds is 3. The van der Waals surface area contributed by atoms with Crippen LogP contribution in [0.2, 0.25) is 0 Å². The average Bonchev–Trinajstić information content (AvgIpc) is 3.02. The normalized spacial score (nSPS) is 11.9. The van der Waals surface area contributed by atoms with E-state index in [4.69, 9.17) is 0 Å². The smallest absolute Gasteiger partial charge is 0.290 e. The van der Waals surface area contributed by atoms with E-state index in [2.05, 4.69) is 20.4 Å². The van der Waals surface area contributed by atoms with Crippen molar-refractivity contribution >= 4 is 23.0 Å². The first-order valence-corrected chi connectivity index (χ1v) is 6.62. The second kappa shape index (κ2) is 5.58. The number of anilines is 1. The Bertz CT molecular complexity index is 913. The highest BCUT2D eigenvalue weighted by molar-refractivity contribution is 6.02. The summed E-state index contributed by atoms with van der Waals surface area (Å²) < 4.78 is 53.6. The Morgan fingerprint density at radius 3 is 2.75 bits per heavy atom. The number of hydrogen-bond donors (Lipinski definition) is 1. The topological polar surface area (TPSA) is 77.6 Å². The van der Waals surface area contributed by atoms with E-state index in [0.29, 0.717) is 4.57 Å². The number of nitrogens with zero attached hydrogens (tertiary/aromatic N) is 5. The number of carbonyl (C=O) groups is 1. The van der Waals surface area contributed by atoms with Crippen molar-refractivity contribution in [2.24, 2.45) is 7.05 Å². The fraction of sp³-hybridized carbons (Fsp3) is 0.231. The van der Waals surface area contributed by atoms with Crippen LogP contribution in [0.4, 0.5) is 23.5 Å². The lowest BCUT2D eigenvalue weighted by Gasteiger charge is -2.11. The molecule has 0 saturated carbocycles. The Labute approximate surface area is 131 Å². The van der Waals surface area contributed by atoms with Gasteiger partial charge in [0.15, 0.2) is 5.65 Å². The molecule has 1 N–H and O–H groups in total. The average molecular weight is 342 g/mol. The van der Waals surface area contributed by atoms with Crippen molar-refractivity contribution < 1.29 is 22.4 Å². The Kier molecular flexibility index (Phi) is 3.70. The van der Waals surface area contributed by atoms with Crippen LogP contribution in [0.3, 0.4) is 0 Å². The molecule has 3 aromatic heterocycles. The number of amides is 1. The van der Waals surface area contributed by atoms with Crippen LogP contribution < -0.4 is 5.32 Å². The van der Waals surface area contributed by atoms with Gasteiger partial charge in [-0.05, 0) is 6.07 Å². The predicted molar refractivity (Wildman–Crippen MR) is 74.7 cm³/mol. The van der Waals surface area contributed by atoms with Gasteiger partial charge in [0.25, 0.3) is 5.91 Å². The van der Waals surface area contributed by atoms with E-state index in [0.717, 1.165) is 12.3 Å². The third kappa shape index (κ3) is 3.05. The molecule has 3 rings (SSSR count). The second-order valence-corrected chi connectivity index (χ2v) is 4.93. The lowest BCUT2D eigenvalue weighted by atomic mass is 10.4. The molecular formula is C13H10F4N6O. The summed E-state index contributed by atoms with van der Waals surface area (Å²) in [7, 11) is 1.50. The number of hydrogen-bond acceptors (Lipinski definition) is 4. The lowest BCUT2D eigenvalue weighted by molar-refractivity contribution is -0.139. The molecule has 3 heterocycles. The predicted octanol–water partition coefficient (Wildman–Crippen LogP) is 2.12. The van der Waals surface area contributed by atoms with Crippen molar-refractivity contribution in [3.8, 4) is 0 Å². The van der Waals surface area contributed by atoms with Crippen molar-refractivity contribution in [1.82, 2.24) is 24.3 Å². The van der Waals surface area contributed by atoms with E-state index >= 15 is 0 Å². The van der Waals surface area contributed by atoms with Crippen molar-refractivity contribution in [3.63, 3.8) is 0 Å². The molecule has 0 radical (unpaired) electrons. The van der Waals surface area contributed by atoms with Crippen LogP contribution in [0.5, 0.6) is 0 Å². The zero-order chi connectivity index (χ0) is 17.5. The molecule has 0 atom stereocenters. The maximum atomic E-state index is 13.2. The number of fused-ring (bicyclic) bond motifs is 1. The van der Waals surface area contributed by atoms with Gasteiger partial charge in [0.2, 0.25) is 5.95 Å². The number of pyridine rings is 1. The number of aromatic nitrogens is 5. The first-order valence-electron chi connectivity index (χ1n) is 6.62. The Balaban J connectivity index is 2.04. The summed E-state index contributed by atoms with van der Waals surface area (Å²) in [6.07, 6.45) is -2.43. The monoisotopic (exact) mass is 342 g/mol. The quantitative estimate of drug-likeness (QED) is 0.740. The second-order valence-electron chi connectivity index (χ2n) is 4.93. The molecule has 0 unspecified atom stereocenters. The van der Waals surface area contributed by atoms with Gasteiger partial charge in [-0.3, -0.25) is 19.4 Å². The van der Waals surface area contributed by atoms with Crippen molar-refractivity contribution in [3.05, 3.63) is 36.0 Å². The van der Waals surface area contributed by atoms with Crippen LogP contribution in [0.25, 0.3) is 11.2 Å². The Hall–Kier alpha value is -2.98. The van der Waals surface area contributed by atoms with Gasteiger partial charge in [-0.2, -0.15) is 18.3 Å². The summed E-state index contributed by atoms with van der Waals surface area (Å²) in [6.45, 7) is -1.43. The van der Waals surface area contributed by atoms with Gasteiger partial charge < -0.3 is 0 Å². The number of imidazole rings is 1. The molecule has 3 aromatic rings. The van der Waals surface area contributed by atoms with Crippen LogP contribution in [-0.4, -0.2) is 36.4 Å².